The van der Waals surface area contributed by atoms with Crippen LogP contribution < -0.4 is 0 Å². The van der Waals surface area contributed by atoms with Crippen molar-refractivity contribution >= 4 is 6.21 Å². The van der Waals surface area contributed by atoms with Gasteiger partial charge in [0.05, 0.1) is 12.4 Å². The van der Waals surface area contributed by atoms with E-state index in [1.165, 1.54) is 25.8 Å². The van der Waals surface area contributed by atoms with Crippen molar-refractivity contribution in [2.45, 2.75) is 0 Å². The second-order valence-electron chi connectivity index (χ2n) is 1.45. The highest BCUT2D eigenvalue weighted by atomic mass is 16.6. The lowest BCUT2D eigenvalue weighted by atomic mass is 10.5. The number of rotatable bonds is 2. The van der Waals surface area contributed by atoms with Crippen molar-refractivity contribution in [3.63, 3.8) is 0 Å². The Morgan fingerprint density at radius 2 is 2.60 bits per heavy atom. The third-order valence-corrected chi connectivity index (χ3v) is 0.789. The molecule has 1 heterocycles. The molecule has 0 atom stereocenters. The Morgan fingerprint density at radius 1 is 1.70 bits per heavy atom. The van der Waals surface area contributed by atoms with Crippen molar-refractivity contribution in [3.05, 3.63) is 18.2 Å². The average Bonchev–Trinajstić information content (AvgIpc) is 2.03. The largest absolute Gasteiger partial charge is 0.399 e. The van der Waals surface area contributed by atoms with Gasteiger partial charge in [0.15, 0.2) is 0 Å². The molecule has 0 amide bonds. The van der Waals surface area contributed by atoms with Crippen LogP contribution in [0.5, 0.6) is 0 Å². The average molecular weight is 138 g/mol. The highest BCUT2D eigenvalue weighted by molar-refractivity contribution is 5.75. The van der Waals surface area contributed by atoms with E-state index in [0.29, 0.717) is 5.69 Å². The second kappa shape index (κ2) is 3.49. The zero-order chi connectivity index (χ0) is 7.23. The van der Waals surface area contributed by atoms with E-state index in [2.05, 4.69) is 25.2 Å². The summed E-state index contributed by atoms with van der Waals surface area (Å²) in [5, 5.41) is 10.7. The summed E-state index contributed by atoms with van der Waals surface area (Å²) in [6, 6.07) is 0. The third-order valence-electron chi connectivity index (χ3n) is 0.789. The lowest BCUT2D eigenvalue weighted by Gasteiger charge is -1.85. The molecule has 1 rings (SSSR count). The van der Waals surface area contributed by atoms with Crippen LogP contribution in [0.2, 0.25) is 0 Å². The van der Waals surface area contributed by atoms with Gasteiger partial charge in [-0.25, -0.2) is 4.98 Å². The van der Waals surface area contributed by atoms with Crippen molar-refractivity contribution < 1.29 is 4.84 Å². The molecule has 0 N–H and O–H groups in total. The van der Waals surface area contributed by atoms with Crippen LogP contribution in [0, 0.1) is 0 Å². The number of oxime groups is 1. The van der Waals surface area contributed by atoms with Crippen LogP contribution in [0.1, 0.15) is 5.69 Å². The molecule has 0 fully saturated rings. The van der Waals surface area contributed by atoms with Gasteiger partial charge in [-0.1, -0.05) is 5.16 Å². The van der Waals surface area contributed by atoms with Gasteiger partial charge >= 0.3 is 0 Å². The number of nitrogens with zero attached hydrogens (tertiary/aromatic N) is 4. The molecular formula is C5H6N4O. The van der Waals surface area contributed by atoms with Crippen molar-refractivity contribution in [1.29, 1.82) is 0 Å². The molecule has 52 valence electrons. The maximum Gasteiger partial charge on any atom is 0.138 e. The summed E-state index contributed by atoms with van der Waals surface area (Å²) in [5.74, 6) is 0. The molecule has 0 bridgehead atoms. The lowest BCUT2D eigenvalue weighted by Crippen LogP contribution is -1.91. The third kappa shape index (κ3) is 1.77. The summed E-state index contributed by atoms with van der Waals surface area (Å²) in [5.41, 5.74) is 0.573. The molecule has 0 radical (unpaired) electrons. The van der Waals surface area contributed by atoms with Gasteiger partial charge in [-0.3, -0.25) is 0 Å². The Morgan fingerprint density at radius 3 is 3.20 bits per heavy atom. The molecule has 5 heteroatoms. The quantitative estimate of drug-likeness (QED) is 0.421. The van der Waals surface area contributed by atoms with E-state index >= 15 is 0 Å². The maximum atomic E-state index is 4.42. The van der Waals surface area contributed by atoms with Crippen LogP contribution in [0.25, 0.3) is 0 Å². The van der Waals surface area contributed by atoms with E-state index in [0.717, 1.165) is 0 Å². The summed E-state index contributed by atoms with van der Waals surface area (Å²) in [4.78, 5) is 8.14. The zero-order valence-electron chi connectivity index (χ0n) is 5.43. The highest BCUT2D eigenvalue weighted by Gasteiger charge is 1.85. The van der Waals surface area contributed by atoms with Gasteiger partial charge in [-0.15, -0.1) is 10.2 Å². The van der Waals surface area contributed by atoms with Gasteiger partial charge in [0.2, 0.25) is 0 Å². The van der Waals surface area contributed by atoms with Gasteiger partial charge in [-0.2, -0.15) is 0 Å². The first-order chi connectivity index (χ1) is 4.93. The molecule has 0 saturated carbocycles. The van der Waals surface area contributed by atoms with Crippen molar-refractivity contribution in [2.24, 2.45) is 5.16 Å². The predicted molar refractivity (Wildman–Crippen MR) is 34.4 cm³/mol. The number of hydrogen-bond acceptors (Lipinski definition) is 5. The monoisotopic (exact) mass is 138 g/mol. The minimum atomic E-state index is 0.573. The highest BCUT2D eigenvalue weighted by Crippen LogP contribution is 1.80. The van der Waals surface area contributed by atoms with Gasteiger partial charge < -0.3 is 4.84 Å². The van der Waals surface area contributed by atoms with E-state index in [4.69, 9.17) is 0 Å². The smallest absolute Gasteiger partial charge is 0.138 e. The Balaban J connectivity index is 2.67. The molecule has 5 nitrogen and oxygen atoms in total. The molecule has 0 aliphatic heterocycles. The minimum Gasteiger partial charge on any atom is -0.399 e. The van der Waals surface area contributed by atoms with Crippen molar-refractivity contribution in [1.82, 2.24) is 15.2 Å². The summed E-state index contributed by atoms with van der Waals surface area (Å²) in [6.07, 6.45) is 4.32. The molecule has 10 heavy (non-hydrogen) atoms. The Hall–Kier alpha value is -1.52. The zero-order valence-corrected chi connectivity index (χ0v) is 5.43. The topological polar surface area (TPSA) is 60.3 Å². The van der Waals surface area contributed by atoms with Crippen LogP contribution in [0.3, 0.4) is 0 Å². The fraction of sp³-hybridized carbons (Fsp3) is 0.200. The first-order valence-electron chi connectivity index (χ1n) is 2.62. The van der Waals surface area contributed by atoms with E-state index < -0.39 is 0 Å². The van der Waals surface area contributed by atoms with E-state index in [9.17, 15) is 0 Å². The fourth-order valence-electron chi connectivity index (χ4n) is 0.424. The molecule has 0 aliphatic carbocycles. The molecule has 1 aromatic heterocycles. The maximum absolute atomic E-state index is 4.42. The summed E-state index contributed by atoms with van der Waals surface area (Å²) in [6.45, 7) is 0. The number of aromatic nitrogens is 3. The van der Waals surface area contributed by atoms with Crippen molar-refractivity contribution in [2.75, 3.05) is 7.11 Å². The summed E-state index contributed by atoms with van der Waals surface area (Å²) < 4.78 is 0. The van der Waals surface area contributed by atoms with Crippen LogP contribution >= 0.6 is 0 Å². The van der Waals surface area contributed by atoms with Gasteiger partial charge in [0, 0.05) is 0 Å². The van der Waals surface area contributed by atoms with Crippen LogP contribution in [0.15, 0.2) is 17.7 Å². The molecular weight excluding hydrogens is 132 g/mol. The summed E-state index contributed by atoms with van der Waals surface area (Å²) >= 11 is 0. The van der Waals surface area contributed by atoms with Crippen LogP contribution in [0.4, 0.5) is 0 Å². The van der Waals surface area contributed by atoms with Gasteiger partial charge in [0.1, 0.15) is 19.1 Å². The molecule has 0 unspecified atom stereocenters. The van der Waals surface area contributed by atoms with E-state index in [-0.39, 0.29) is 0 Å². The van der Waals surface area contributed by atoms with Crippen LogP contribution in [-0.2, 0) is 4.84 Å². The predicted octanol–water partition coefficient (Wildman–Crippen LogP) is -0.148. The molecule has 0 aliphatic rings. The lowest BCUT2D eigenvalue weighted by molar-refractivity contribution is 0.215. The van der Waals surface area contributed by atoms with Gasteiger partial charge in [0.25, 0.3) is 0 Å². The Kier molecular flexibility index (Phi) is 2.31. The molecule has 0 saturated heterocycles. The van der Waals surface area contributed by atoms with Gasteiger partial charge in [-0.05, 0) is 0 Å². The fourth-order valence-corrected chi connectivity index (χ4v) is 0.424. The minimum absolute atomic E-state index is 0.573. The molecule has 0 spiro atoms. The van der Waals surface area contributed by atoms with Crippen molar-refractivity contribution in [3.8, 4) is 0 Å². The normalized spacial score (nSPS) is 10.1. The number of hydrogen-bond donors (Lipinski definition) is 0. The Labute approximate surface area is 57.8 Å². The molecule has 1 aromatic rings. The Bertz CT molecular complexity index is 210. The standard InChI is InChI=1S/C5H6N4O/c1-10-8-3-5-2-6-4-7-9-5/h2-4H,1H3. The SMILES string of the molecule is CON=Cc1cncnn1. The first-order valence-corrected chi connectivity index (χ1v) is 2.62. The van der Waals surface area contributed by atoms with Crippen LogP contribution in [-0.4, -0.2) is 28.5 Å². The second-order valence-corrected chi connectivity index (χ2v) is 1.45. The molecule has 0 aromatic carbocycles. The first kappa shape index (κ1) is 6.60. The summed E-state index contributed by atoms with van der Waals surface area (Å²) in [7, 11) is 1.46. The van der Waals surface area contributed by atoms with E-state index in [1.54, 1.807) is 0 Å². The van der Waals surface area contributed by atoms with E-state index in [1.807, 2.05) is 0 Å².